The zero-order valence-electron chi connectivity index (χ0n) is 12.3. The molecule has 0 aromatic heterocycles. The Morgan fingerprint density at radius 3 is 2.35 bits per heavy atom. The smallest absolute Gasteiger partial charge is 0.325 e. The fourth-order valence-corrected chi connectivity index (χ4v) is 2.64. The summed E-state index contributed by atoms with van der Waals surface area (Å²) < 4.78 is 5.38. The molecule has 0 unspecified atom stereocenters. The number of carboxylic acids is 1. The first-order chi connectivity index (χ1) is 9.49. The van der Waals surface area contributed by atoms with E-state index in [0.29, 0.717) is 0 Å². The zero-order valence-corrected chi connectivity index (χ0v) is 12.3. The summed E-state index contributed by atoms with van der Waals surface area (Å²) >= 11 is 0. The average molecular weight is 278 g/mol. The van der Waals surface area contributed by atoms with Gasteiger partial charge in [0.2, 0.25) is 0 Å². The number of ether oxygens (including phenoxy) is 1. The van der Waals surface area contributed by atoms with Crippen LogP contribution in [0.2, 0.25) is 0 Å². The van der Waals surface area contributed by atoms with E-state index >= 15 is 0 Å². The van der Waals surface area contributed by atoms with E-state index in [1.54, 1.807) is 6.92 Å². The van der Waals surface area contributed by atoms with Gasteiger partial charge >= 0.3 is 5.97 Å². The van der Waals surface area contributed by atoms with E-state index in [1.165, 1.54) is 5.69 Å². The molecule has 2 rings (SSSR count). The lowest BCUT2D eigenvalue weighted by Crippen LogP contribution is -2.37. The number of nitrogens with one attached hydrogen (secondary N) is 1. The second-order valence-electron chi connectivity index (χ2n) is 5.26. The summed E-state index contributed by atoms with van der Waals surface area (Å²) in [5.74, 6) is -0.849. The van der Waals surface area contributed by atoms with Crippen molar-refractivity contribution in [3.05, 3.63) is 23.3 Å². The minimum Gasteiger partial charge on any atom is -0.480 e. The van der Waals surface area contributed by atoms with E-state index in [4.69, 9.17) is 9.84 Å². The number of carboxylic acid groups (broad SMARTS) is 1. The lowest BCUT2D eigenvalue weighted by molar-refractivity contribution is -0.137. The molecule has 5 heteroatoms. The molecule has 1 aliphatic heterocycles. The summed E-state index contributed by atoms with van der Waals surface area (Å²) in [7, 11) is 0. The van der Waals surface area contributed by atoms with Gasteiger partial charge in [0.1, 0.15) is 6.04 Å². The van der Waals surface area contributed by atoms with Crippen LogP contribution in [0.25, 0.3) is 0 Å². The first-order valence-electron chi connectivity index (χ1n) is 6.92. The molecule has 1 aliphatic rings. The highest BCUT2D eigenvalue weighted by Crippen LogP contribution is 2.29. The highest BCUT2D eigenvalue weighted by atomic mass is 16.5. The van der Waals surface area contributed by atoms with Crippen LogP contribution in [0.1, 0.15) is 18.1 Å². The lowest BCUT2D eigenvalue weighted by Gasteiger charge is -2.32. The number of anilines is 2. The Morgan fingerprint density at radius 1 is 1.30 bits per heavy atom. The molecule has 0 bridgehead atoms. The standard InChI is InChI=1S/C15H22N2O3/c1-10-8-13(16-12(3)15(18)19)9-11(2)14(10)17-4-6-20-7-5-17/h8-9,12,16H,4-7H2,1-3H3,(H,18,19)/t12-/m0/s1. The number of aryl methyl sites for hydroxylation is 2. The summed E-state index contributed by atoms with van der Waals surface area (Å²) in [6, 6.07) is 3.43. The fourth-order valence-electron chi connectivity index (χ4n) is 2.64. The number of nitrogens with zero attached hydrogens (tertiary/aromatic N) is 1. The number of benzene rings is 1. The molecule has 0 spiro atoms. The van der Waals surface area contributed by atoms with Crippen molar-refractivity contribution in [3.63, 3.8) is 0 Å². The Kier molecular flexibility index (Phi) is 4.49. The third kappa shape index (κ3) is 3.22. The molecular weight excluding hydrogens is 256 g/mol. The number of hydrogen-bond acceptors (Lipinski definition) is 4. The predicted molar refractivity (Wildman–Crippen MR) is 79.7 cm³/mol. The van der Waals surface area contributed by atoms with Gasteiger partial charge in [-0.25, -0.2) is 0 Å². The fraction of sp³-hybridized carbons (Fsp3) is 0.533. The van der Waals surface area contributed by atoms with Crippen LogP contribution in [0.5, 0.6) is 0 Å². The van der Waals surface area contributed by atoms with E-state index in [-0.39, 0.29) is 0 Å². The summed E-state index contributed by atoms with van der Waals surface area (Å²) in [4.78, 5) is 13.2. The SMILES string of the molecule is Cc1cc(N[C@@H](C)C(=O)O)cc(C)c1N1CCOCC1. The summed E-state index contributed by atoms with van der Waals surface area (Å²) in [5.41, 5.74) is 4.41. The van der Waals surface area contributed by atoms with Gasteiger partial charge in [-0.15, -0.1) is 0 Å². The van der Waals surface area contributed by atoms with Crippen LogP contribution in [-0.4, -0.2) is 43.4 Å². The van der Waals surface area contributed by atoms with Crippen molar-refractivity contribution >= 4 is 17.3 Å². The third-order valence-corrected chi connectivity index (χ3v) is 3.57. The van der Waals surface area contributed by atoms with E-state index in [1.807, 2.05) is 12.1 Å². The van der Waals surface area contributed by atoms with Gasteiger partial charge in [0.25, 0.3) is 0 Å². The Balaban J connectivity index is 2.22. The van der Waals surface area contributed by atoms with Crippen LogP contribution < -0.4 is 10.2 Å². The van der Waals surface area contributed by atoms with Crippen LogP contribution >= 0.6 is 0 Å². The van der Waals surface area contributed by atoms with E-state index < -0.39 is 12.0 Å². The maximum atomic E-state index is 10.9. The Hall–Kier alpha value is -1.75. The van der Waals surface area contributed by atoms with E-state index in [2.05, 4.69) is 24.1 Å². The minimum absolute atomic E-state index is 0.594. The number of morpholine rings is 1. The molecule has 1 atom stereocenters. The van der Waals surface area contributed by atoms with Crippen molar-refractivity contribution in [2.24, 2.45) is 0 Å². The van der Waals surface area contributed by atoms with Crippen LogP contribution in [0.3, 0.4) is 0 Å². The Labute approximate surface area is 119 Å². The molecule has 0 amide bonds. The molecule has 0 radical (unpaired) electrons. The minimum atomic E-state index is -0.849. The topological polar surface area (TPSA) is 61.8 Å². The van der Waals surface area contributed by atoms with Gasteiger partial charge in [-0.05, 0) is 44.0 Å². The molecule has 20 heavy (non-hydrogen) atoms. The number of carbonyl (C=O) groups is 1. The molecule has 1 saturated heterocycles. The molecule has 2 N–H and O–H groups in total. The van der Waals surface area contributed by atoms with Crippen molar-refractivity contribution in [1.82, 2.24) is 0 Å². The van der Waals surface area contributed by atoms with Crippen molar-refractivity contribution < 1.29 is 14.6 Å². The lowest BCUT2D eigenvalue weighted by atomic mass is 10.1. The van der Waals surface area contributed by atoms with Gasteiger partial charge < -0.3 is 20.1 Å². The number of hydrogen-bond donors (Lipinski definition) is 2. The van der Waals surface area contributed by atoms with Gasteiger partial charge in [0.15, 0.2) is 0 Å². The van der Waals surface area contributed by atoms with E-state index in [0.717, 1.165) is 43.1 Å². The second kappa shape index (κ2) is 6.13. The normalized spacial score (nSPS) is 16.9. The van der Waals surface area contributed by atoms with Gasteiger partial charge in [-0.2, -0.15) is 0 Å². The van der Waals surface area contributed by atoms with Crippen LogP contribution in [0.4, 0.5) is 11.4 Å². The van der Waals surface area contributed by atoms with Crippen molar-refractivity contribution in [2.45, 2.75) is 26.8 Å². The molecule has 1 fully saturated rings. The van der Waals surface area contributed by atoms with Gasteiger partial charge in [0, 0.05) is 24.5 Å². The second-order valence-corrected chi connectivity index (χ2v) is 5.26. The largest absolute Gasteiger partial charge is 0.480 e. The van der Waals surface area contributed by atoms with Gasteiger partial charge in [0.05, 0.1) is 13.2 Å². The molecule has 0 aliphatic carbocycles. The molecule has 110 valence electrons. The molecule has 1 aromatic rings. The third-order valence-electron chi connectivity index (χ3n) is 3.57. The highest BCUT2D eigenvalue weighted by Gasteiger charge is 2.17. The van der Waals surface area contributed by atoms with Crippen LogP contribution in [-0.2, 0) is 9.53 Å². The molecular formula is C15H22N2O3. The van der Waals surface area contributed by atoms with Crippen molar-refractivity contribution in [1.29, 1.82) is 0 Å². The molecule has 5 nitrogen and oxygen atoms in total. The van der Waals surface area contributed by atoms with Gasteiger partial charge in [-0.3, -0.25) is 4.79 Å². The number of rotatable bonds is 4. The summed E-state index contributed by atoms with van der Waals surface area (Å²) in [5, 5.41) is 12.0. The van der Waals surface area contributed by atoms with Crippen molar-refractivity contribution in [3.8, 4) is 0 Å². The monoisotopic (exact) mass is 278 g/mol. The first kappa shape index (κ1) is 14.7. The zero-order chi connectivity index (χ0) is 14.7. The van der Waals surface area contributed by atoms with Crippen molar-refractivity contribution in [2.75, 3.05) is 36.5 Å². The molecule has 1 aromatic carbocycles. The Morgan fingerprint density at radius 2 is 1.85 bits per heavy atom. The summed E-state index contributed by atoms with van der Waals surface area (Å²) in [6.45, 7) is 9.09. The predicted octanol–water partition coefficient (Wildman–Crippen LogP) is 2.03. The quantitative estimate of drug-likeness (QED) is 0.882. The van der Waals surface area contributed by atoms with Crippen LogP contribution in [0.15, 0.2) is 12.1 Å². The summed E-state index contributed by atoms with van der Waals surface area (Å²) in [6.07, 6.45) is 0. The maximum Gasteiger partial charge on any atom is 0.325 e. The van der Waals surface area contributed by atoms with E-state index in [9.17, 15) is 4.79 Å². The number of aliphatic carboxylic acids is 1. The maximum absolute atomic E-state index is 10.9. The molecule has 1 heterocycles. The average Bonchev–Trinajstić information content (AvgIpc) is 2.39. The first-order valence-corrected chi connectivity index (χ1v) is 6.92. The Bertz CT molecular complexity index is 473. The molecule has 0 saturated carbocycles. The van der Waals surface area contributed by atoms with Gasteiger partial charge in [-0.1, -0.05) is 0 Å². The highest BCUT2D eigenvalue weighted by molar-refractivity contribution is 5.77. The van der Waals surface area contributed by atoms with Crippen LogP contribution in [0, 0.1) is 13.8 Å².